The van der Waals surface area contributed by atoms with E-state index in [2.05, 4.69) is 58.4 Å². The largest absolute Gasteiger partial charge is 0.350 e. The molecule has 1 amide bonds. The first-order valence-electron chi connectivity index (χ1n) is 9.95. The van der Waals surface area contributed by atoms with Crippen molar-refractivity contribution in [2.45, 2.75) is 32.9 Å². The summed E-state index contributed by atoms with van der Waals surface area (Å²) in [5.74, 6) is 0.133. The number of nitrogens with one attached hydrogen (secondary N) is 1. The summed E-state index contributed by atoms with van der Waals surface area (Å²) in [5, 5.41) is 3.11. The van der Waals surface area contributed by atoms with E-state index in [1.54, 1.807) is 0 Å². The molecule has 0 saturated carbocycles. The van der Waals surface area contributed by atoms with Gasteiger partial charge in [-0.15, -0.1) is 0 Å². The molecule has 144 valence electrons. The Morgan fingerprint density at radius 3 is 2.41 bits per heavy atom. The molecule has 1 aliphatic rings. The molecule has 1 heterocycles. The number of nitrogens with zero attached hydrogens (tertiary/aromatic N) is 2. The van der Waals surface area contributed by atoms with Crippen molar-refractivity contribution in [3.05, 3.63) is 71.3 Å². The van der Waals surface area contributed by atoms with Gasteiger partial charge in [-0.1, -0.05) is 60.2 Å². The topological polar surface area (TPSA) is 35.6 Å². The molecule has 1 aliphatic heterocycles. The van der Waals surface area contributed by atoms with Crippen LogP contribution >= 0.6 is 0 Å². The minimum Gasteiger partial charge on any atom is -0.350 e. The minimum absolute atomic E-state index is 0.0601. The van der Waals surface area contributed by atoms with Crippen LogP contribution in [0.4, 0.5) is 0 Å². The summed E-state index contributed by atoms with van der Waals surface area (Å²) in [4.78, 5) is 17.2. The number of rotatable bonds is 7. The van der Waals surface area contributed by atoms with Gasteiger partial charge in [-0.25, -0.2) is 0 Å². The Kier molecular flexibility index (Phi) is 7.02. The van der Waals surface area contributed by atoms with Crippen molar-refractivity contribution in [2.75, 3.05) is 32.7 Å². The second kappa shape index (κ2) is 9.67. The molecule has 0 aliphatic carbocycles. The molecule has 1 saturated heterocycles. The zero-order valence-electron chi connectivity index (χ0n) is 16.5. The van der Waals surface area contributed by atoms with E-state index in [9.17, 15) is 4.79 Å². The predicted octanol–water partition coefficient (Wildman–Crippen LogP) is 3.38. The molecule has 1 unspecified atom stereocenters. The van der Waals surface area contributed by atoms with Crippen LogP contribution in [0.2, 0.25) is 0 Å². The van der Waals surface area contributed by atoms with Crippen LogP contribution in [0.1, 0.15) is 36.1 Å². The number of carbonyl (C=O) groups is 1. The average Bonchev–Trinajstić information content (AvgIpc) is 2.68. The molecule has 0 spiro atoms. The molecule has 2 aromatic carbocycles. The summed E-state index contributed by atoms with van der Waals surface area (Å²) in [6, 6.07) is 18.9. The van der Waals surface area contributed by atoms with Crippen LogP contribution in [0.15, 0.2) is 54.6 Å². The maximum Gasteiger partial charge on any atom is 0.221 e. The van der Waals surface area contributed by atoms with Crippen molar-refractivity contribution in [1.29, 1.82) is 0 Å². The van der Waals surface area contributed by atoms with Crippen LogP contribution in [0.3, 0.4) is 0 Å². The van der Waals surface area contributed by atoms with Crippen molar-refractivity contribution in [2.24, 2.45) is 0 Å². The highest BCUT2D eigenvalue weighted by Crippen LogP contribution is 2.12. The van der Waals surface area contributed by atoms with Crippen LogP contribution < -0.4 is 5.32 Å². The number of benzene rings is 2. The number of carbonyl (C=O) groups excluding carboxylic acids is 1. The zero-order chi connectivity index (χ0) is 19.1. The minimum atomic E-state index is 0.0601. The zero-order valence-corrected chi connectivity index (χ0v) is 16.5. The van der Waals surface area contributed by atoms with Gasteiger partial charge in [-0.05, 0) is 25.0 Å². The molecular weight excluding hydrogens is 334 g/mol. The Balaban J connectivity index is 1.36. The summed E-state index contributed by atoms with van der Waals surface area (Å²) in [5.41, 5.74) is 3.86. The molecule has 27 heavy (non-hydrogen) atoms. The van der Waals surface area contributed by atoms with Crippen LogP contribution in [0.25, 0.3) is 0 Å². The Bertz CT molecular complexity index is 723. The van der Waals surface area contributed by atoms with Gasteiger partial charge in [0.1, 0.15) is 0 Å². The molecule has 2 aromatic rings. The summed E-state index contributed by atoms with van der Waals surface area (Å²) in [7, 11) is 0. The van der Waals surface area contributed by atoms with E-state index in [0.29, 0.717) is 6.42 Å². The predicted molar refractivity (Wildman–Crippen MR) is 111 cm³/mol. The summed E-state index contributed by atoms with van der Waals surface area (Å²) in [6.07, 6.45) is 0.565. The standard InChI is InChI=1S/C23H31N3O/c1-19-7-6-8-21(17-19)18-26-15-13-25(14-16-26)12-11-23(27)24-20(2)22-9-4-3-5-10-22/h3-10,17,20H,11-16,18H2,1-2H3,(H,24,27). The van der Waals surface area contributed by atoms with Crippen molar-refractivity contribution < 1.29 is 4.79 Å². The Hall–Kier alpha value is -2.17. The lowest BCUT2D eigenvalue weighted by molar-refractivity contribution is -0.122. The highest BCUT2D eigenvalue weighted by molar-refractivity contribution is 5.76. The highest BCUT2D eigenvalue weighted by atomic mass is 16.1. The maximum absolute atomic E-state index is 12.3. The molecule has 0 radical (unpaired) electrons. The van der Waals surface area contributed by atoms with E-state index in [1.807, 2.05) is 25.1 Å². The van der Waals surface area contributed by atoms with Crippen molar-refractivity contribution in [3.8, 4) is 0 Å². The maximum atomic E-state index is 12.3. The number of piperazine rings is 1. The summed E-state index contributed by atoms with van der Waals surface area (Å²) >= 11 is 0. The second-order valence-electron chi connectivity index (χ2n) is 7.56. The first-order valence-corrected chi connectivity index (χ1v) is 9.95. The van der Waals surface area contributed by atoms with Gasteiger partial charge in [0.05, 0.1) is 6.04 Å². The first-order chi connectivity index (χ1) is 13.1. The average molecular weight is 366 g/mol. The third-order valence-corrected chi connectivity index (χ3v) is 5.29. The van der Waals surface area contributed by atoms with Crippen LogP contribution in [0.5, 0.6) is 0 Å². The van der Waals surface area contributed by atoms with E-state index >= 15 is 0 Å². The van der Waals surface area contributed by atoms with Gasteiger partial charge in [-0.2, -0.15) is 0 Å². The van der Waals surface area contributed by atoms with E-state index < -0.39 is 0 Å². The quantitative estimate of drug-likeness (QED) is 0.817. The van der Waals surface area contributed by atoms with Crippen molar-refractivity contribution in [3.63, 3.8) is 0 Å². The Labute approximate surface area is 163 Å². The van der Waals surface area contributed by atoms with Crippen LogP contribution in [-0.4, -0.2) is 48.4 Å². The van der Waals surface area contributed by atoms with Crippen molar-refractivity contribution in [1.82, 2.24) is 15.1 Å². The third-order valence-electron chi connectivity index (χ3n) is 5.29. The van der Waals surface area contributed by atoms with Gasteiger partial charge in [0, 0.05) is 45.7 Å². The van der Waals surface area contributed by atoms with Crippen LogP contribution in [0, 0.1) is 6.92 Å². The summed E-state index contributed by atoms with van der Waals surface area (Å²) in [6.45, 7) is 10.2. The molecular formula is C23H31N3O. The van der Waals surface area contributed by atoms with Gasteiger partial charge in [0.2, 0.25) is 5.91 Å². The Morgan fingerprint density at radius 1 is 1.00 bits per heavy atom. The number of hydrogen-bond donors (Lipinski definition) is 1. The summed E-state index contributed by atoms with van der Waals surface area (Å²) < 4.78 is 0. The van der Waals surface area contributed by atoms with Crippen molar-refractivity contribution >= 4 is 5.91 Å². The van der Waals surface area contributed by atoms with Gasteiger partial charge in [0.15, 0.2) is 0 Å². The van der Waals surface area contributed by atoms with E-state index in [0.717, 1.165) is 44.8 Å². The molecule has 0 bridgehead atoms. The normalized spacial score (nSPS) is 16.8. The Morgan fingerprint density at radius 2 is 1.70 bits per heavy atom. The van der Waals surface area contributed by atoms with E-state index in [-0.39, 0.29) is 11.9 Å². The van der Waals surface area contributed by atoms with E-state index in [4.69, 9.17) is 0 Å². The number of aryl methyl sites for hydroxylation is 1. The lowest BCUT2D eigenvalue weighted by atomic mass is 10.1. The third kappa shape index (κ3) is 6.19. The number of amides is 1. The smallest absolute Gasteiger partial charge is 0.221 e. The van der Waals surface area contributed by atoms with Gasteiger partial charge < -0.3 is 10.2 Å². The SMILES string of the molecule is Cc1cccc(CN2CCN(CCC(=O)NC(C)c3ccccc3)CC2)c1. The molecule has 1 N–H and O–H groups in total. The van der Waals surface area contributed by atoms with Gasteiger partial charge >= 0.3 is 0 Å². The fraction of sp³-hybridized carbons (Fsp3) is 0.435. The second-order valence-corrected chi connectivity index (χ2v) is 7.56. The molecule has 4 nitrogen and oxygen atoms in total. The molecule has 1 atom stereocenters. The highest BCUT2D eigenvalue weighted by Gasteiger charge is 2.18. The van der Waals surface area contributed by atoms with Crippen LogP contribution in [-0.2, 0) is 11.3 Å². The lowest BCUT2D eigenvalue weighted by Crippen LogP contribution is -2.46. The first kappa shape index (κ1) is 19.6. The molecule has 3 rings (SSSR count). The van der Waals surface area contributed by atoms with Gasteiger partial charge in [0.25, 0.3) is 0 Å². The van der Waals surface area contributed by atoms with E-state index in [1.165, 1.54) is 11.1 Å². The molecule has 1 fully saturated rings. The number of hydrogen-bond acceptors (Lipinski definition) is 3. The lowest BCUT2D eigenvalue weighted by Gasteiger charge is -2.34. The molecule has 4 heteroatoms. The molecule has 0 aromatic heterocycles. The fourth-order valence-electron chi connectivity index (χ4n) is 3.64. The van der Waals surface area contributed by atoms with Gasteiger partial charge in [-0.3, -0.25) is 9.69 Å². The monoisotopic (exact) mass is 365 g/mol. The fourth-order valence-corrected chi connectivity index (χ4v) is 3.64.